The zero-order valence-corrected chi connectivity index (χ0v) is 21.3. The number of aromatic nitrogens is 3. The van der Waals surface area contributed by atoms with Crippen LogP contribution in [0.5, 0.6) is 11.5 Å². The number of nitrogens with one attached hydrogen (secondary N) is 1. The first-order valence-corrected chi connectivity index (χ1v) is 12.0. The third kappa shape index (κ3) is 8.47. The zero-order chi connectivity index (χ0) is 26.3. The Bertz CT molecular complexity index is 1200. The van der Waals surface area contributed by atoms with Gasteiger partial charge in [0.1, 0.15) is 17.9 Å². The van der Waals surface area contributed by atoms with Crippen LogP contribution in [-0.4, -0.2) is 35.0 Å². The summed E-state index contributed by atoms with van der Waals surface area (Å²) in [4.78, 5) is 21.7. The number of hydrogen-bond acceptors (Lipinski definition) is 8. The first-order valence-electron chi connectivity index (χ1n) is 11.1. The summed E-state index contributed by atoms with van der Waals surface area (Å²) >= 11 is 1.45. The lowest BCUT2D eigenvalue weighted by molar-refractivity contribution is -0.106. The van der Waals surface area contributed by atoms with Crippen molar-refractivity contribution in [2.45, 2.75) is 27.2 Å². The van der Waals surface area contributed by atoms with Crippen LogP contribution in [0, 0.1) is 11.6 Å². The van der Waals surface area contributed by atoms with E-state index in [4.69, 9.17) is 9.53 Å². The minimum absolute atomic E-state index is 0.242. The Kier molecular flexibility index (Phi) is 12.1. The van der Waals surface area contributed by atoms with Gasteiger partial charge >= 0.3 is 0 Å². The molecule has 4 rings (SSSR count). The van der Waals surface area contributed by atoms with Gasteiger partial charge in [-0.3, -0.25) is 4.98 Å². The van der Waals surface area contributed by atoms with Crippen molar-refractivity contribution in [3.05, 3.63) is 77.7 Å². The monoisotopic (exact) mass is 514 g/mol. The molecule has 7 nitrogen and oxygen atoms in total. The van der Waals surface area contributed by atoms with Crippen molar-refractivity contribution in [3.63, 3.8) is 0 Å². The van der Waals surface area contributed by atoms with Crippen molar-refractivity contribution >= 4 is 28.6 Å². The van der Waals surface area contributed by atoms with Gasteiger partial charge in [0.2, 0.25) is 0 Å². The van der Waals surface area contributed by atoms with E-state index in [1.54, 1.807) is 37.8 Å². The molecule has 190 valence electrons. The normalized spacial score (nSPS) is 9.83. The predicted octanol–water partition coefficient (Wildman–Crippen LogP) is 6.83. The summed E-state index contributed by atoms with van der Waals surface area (Å²) in [5.74, 6) is -1.37. The van der Waals surface area contributed by atoms with Crippen LogP contribution in [0.3, 0.4) is 0 Å². The number of methoxy groups -OCH3 is 1. The molecule has 0 amide bonds. The Morgan fingerprint density at radius 3 is 2.36 bits per heavy atom. The Balaban J connectivity index is 0.000000583. The van der Waals surface area contributed by atoms with Crippen molar-refractivity contribution in [2.75, 3.05) is 19.0 Å². The molecule has 3 aromatic heterocycles. The number of anilines is 2. The largest absolute Gasteiger partial charge is 0.450 e. The summed E-state index contributed by atoms with van der Waals surface area (Å²) in [6.45, 7) is 6.24. The highest BCUT2D eigenvalue weighted by molar-refractivity contribution is 7.13. The fourth-order valence-electron chi connectivity index (χ4n) is 2.65. The smallest absolute Gasteiger partial charge is 0.198 e. The number of halogens is 2. The van der Waals surface area contributed by atoms with Crippen LogP contribution < -0.4 is 10.1 Å². The van der Waals surface area contributed by atoms with Gasteiger partial charge in [0.15, 0.2) is 22.5 Å². The SMILES string of the molecule is CC=O.CCOC.CCc1csc(Nc2cc(Oc3c(F)cccc3F)c(-c3cccnc3)cn2)n1. The molecule has 1 aromatic carbocycles. The molecule has 4 aromatic rings. The molecule has 0 saturated heterocycles. The molecule has 10 heteroatoms. The number of thiazole rings is 1. The molecule has 0 bridgehead atoms. The van der Waals surface area contributed by atoms with E-state index < -0.39 is 17.4 Å². The molecule has 0 aliphatic heterocycles. The van der Waals surface area contributed by atoms with Crippen molar-refractivity contribution in [1.82, 2.24) is 15.0 Å². The van der Waals surface area contributed by atoms with Gasteiger partial charge in [-0.05, 0) is 38.5 Å². The molecule has 0 atom stereocenters. The number of ether oxygens (including phenoxy) is 2. The zero-order valence-electron chi connectivity index (χ0n) is 20.5. The summed E-state index contributed by atoms with van der Waals surface area (Å²) in [5, 5.41) is 5.74. The average molecular weight is 515 g/mol. The number of hydrogen-bond donors (Lipinski definition) is 1. The van der Waals surface area contributed by atoms with E-state index in [-0.39, 0.29) is 5.75 Å². The predicted molar refractivity (Wildman–Crippen MR) is 138 cm³/mol. The van der Waals surface area contributed by atoms with Crippen LogP contribution in [0.25, 0.3) is 11.1 Å². The van der Waals surface area contributed by atoms with E-state index in [0.717, 1.165) is 37.1 Å². The number of pyridine rings is 2. The molecule has 0 spiro atoms. The van der Waals surface area contributed by atoms with Gasteiger partial charge in [0, 0.05) is 54.9 Å². The number of carbonyl (C=O) groups excluding carboxylic acids is 1. The van der Waals surface area contributed by atoms with Crippen LogP contribution in [0.15, 0.2) is 60.4 Å². The molecular formula is C26H28F2N4O3S. The molecule has 0 saturated carbocycles. The van der Waals surface area contributed by atoms with Crippen molar-refractivity contribution in [1.29, 1.82) is 0 Å². The molecule has 3 heterocycles. The van der Waals surface area contributed by atoms with Crippen molar-refractivity contribution < 1.29 is 23.0 Å². The average Bonchev–Trinajstić information content (AvgIpc) is 3.35. The summed E-state index contributed by atoms with van der Waals surface area (Å²) in [6, 6.07) is 8.73. The van der Waals surface area contributed by atoms with Crippen LogP contribution in [0.2, 0.25) is 0 Å². The van der Waals surface area contributed by atoms with E-state index >= 15 is 0 Å². The highest BCUT2D eigenvalue weighted by Crippen LogP contribution is 2.36. The topological polar surface area (TPSA) is 86.2 Å². The maximum atomic E-state index is 14.1. The van der Waals surface area contributed by atoms with Gasteiger partial charge in [-0.1, -0.05) is 19.1 Å². The van der Waals surface area contributed by atoms with E-state index in [2.05, 4.69) is 25.0 Å². The highest BCUT2D eigenvalue weighted by atomic mass is 32.1. The van der Waals surface area contributed by atoms with Gasteiger partial charge in [-0.15, -0.1) is 11.3 Å². The number of nitrogens with zero attached hydrogens (tertiary/aromatic N) is 3. The van der Waals surface area contributed by atoms with E-state index in [1.165, 1.54) is 24.3 Å². The van der Waals surface area contributed by atoms with Crippen LogP contribution in [0.1, 0.15) is 26.5 Å². The molecule has 0 fully saturated rings. The first-order chi connectivity index (χ1) is 17.5. The second-order valence-electron chi connectivity index (χ2n) is 6.90. The lowest BCUT2D eigenvalue weighted by Gasteiger charge is -2.14. The van der Waals surface area contributed by atoms with Crippen LogP contribution in [0.4, 0.5) is 19.7 Å². The first kappa shape index (κ1) is 28.5. The van der Waals surface area contributed by atoms with Crippen LogP contribution in [-0.2, 0) is 16.0 Å². The standard InChI is InChI=1S/C21H16F2N4OS.C3H8O.C2H4O/c1-2-14-12-29-21(26-14)27-19-9-18(28-20-16(22)6-3-7-17(20)23)15(11-25-19)13-5-4-8-24-10-13;1-3-4-2;1-2-3/h3-12H,2H2,1H3,(H,25,26,27);3H2,1-2H3;2H,1H3. The number of rotatable bonds is 7. The van der Waals surface area contributed by atoms with Crippen molar-refractivity contribution in [3.8, 4) is 22.6 Å². The summed E-state index contributed by atoms with van der Waals surface area (Å²) in [6.07, 6.45) is 6.41. The number of aryl methyl sites for hydroxylation is 1. The molecule has 0 aliphatic carbocycles. The second kappa shape index (κ2) is 15.3. The molecule has 36 heavy (non-hydrogen) atoms. The Morgan fingerprint density at radius 2 is 1.81 bits per heavy atom. The quantitative estimate of drug-likeness (QED) is 0.270. The molecule has 0 radical (unpaired) electrons. The fraction of sp³-hybridized carbons (Fsp3) is 0.231. The van der Waals surface area contributed by atoms with Crippen LogP contribution >= 0.6 is 11.3 Å². The van der Waals surface area contributed by atoms with Gasteiger partial charge < -0.3 is 19.6 Å². The minimum Gasteiger partial charge on any atom is -0.450 e. The van der Waals surface area contributed by atoms with Gasteiger partial charge in [0.25, 0.3) is 0 Å². The fourth-order valence-corrected chi connectivity index (χ4v) is 3.46. The summed E-state index contributed by atoms with van der Waals surface area (Å²) in [7, 11) is 1.68. The number of aldehydes is 1. The summed E-state index contributed by atoms with van der Waals surface area (Å²) in [5.41, 5.74) is 2.23. The Morgan fingerprint density at radius 1 is 1.11 bits per heavy atom. The van der Waals surface area contributed by atoms with Crippen molar-refractivity contribution in [2.24, 2.45) is 0 Å². The highest BCUT2D eigenvalue weighted by Gasteiger charge is 2.16. The molecule has 1 N–H and O–H groups in total. The van der Waals surface area contributed by atoms with E-state index in [1.807, 2.05) is 25.3 Å². The number of para-hydroxylation sites is 1. The lowest BCUT2D eigenvalue weighted by Crippen LogP contribution is -1.98. The Labute approximate surface area is 213 Å². The van der Waals surface area contributed by atoms with Gasteiger partial charge in [0.05, 0.1) is 5.69 Å². The van der Waals surface area contributed by atoms with Gasteiger partial charge in [-0.25, -0.2) is 18.7 Å². The van der Waals surface area contributed by atoms with Gasteiger partial charge in [-0.2, -0.15) is 0 Å². The van der Waals surface area contributed by atoms with E-state index in [9.17, 15) is 8.78 Å². The summed E-state index contributed by atoms with van der Waals surface area (Å²) < 4.78 is 38.5. The third-order valence-corrected chi connectivity index (χ3v) is 5.21. The molecule has 0 unspecified atom stereocenters. The Hall–Kier alpha value is -3.76. The third-order valence-electron chi connectivity index (χ3n) is 4.41. The maximum absolute atomic E-state index is 14.1. The van der Waals surface area contributed by atoms with E-state index in [0.29, 0.717) is 22.1 Å². The lowest BCUT2D eigenvalue weighted by atomic mass is 10.1. The molecule has 0 aliphatic rings. The maximum Gasteiger partial charge on any atom is 0.198 e. The molecular weight excluding hydrogens is 486 g/mol. The second-order valence-corrected chi connectivity index (χ2v) is 7.75. The number of carbonyl (C=O) groups is 1. The number of benzene rings is 1. The minimum atomic E-state index is -0.791.